The van der Waals surface area contributed by atoms with E-state index in [2.05, 4.69) is 35.0 Å². The van der Waals surface area contributed by atoms with Gasteiger partial charge in [0.2, 0.25) is 5.89 Å². The Morgan fingerprint density at radius 1 is 1.12 bits per heavy atom. The van der Waals surface area contributed by atoms with Gasteiger partial charge in [-0.05, 0) is 30.2 Å². The number of hydrogen-bond acceptors (Lipinski definition) is 6. The Kier molecular flexibility index (Phi) is 7.19. The van der Waals surface area contributed by atoms with Gasteiger partial charge >= 0.3 is 0 Å². The van der Waals surface area contributed by atoms with Gasteiger partial charge in [-0.25, -0.2) is 4.98 Å². The summed E-state index contributed by atoms with van der Waals surface area (Å²) >= 11 is 0. The fraction of sp³-hybridized carbons (Fsp3) is 0.360. The Morgan fingerprint density at radius 2 is 1.91 bits per heavy atom. The molecule has 0 N–H and O–H groups in total. The lowest BCUT2D eigenvalue weighted by molar-refractivity contribution is 0.0299. The smallest absolute Gasteiger partial charge is 0.275 e. The van der Waals surface area contributed by atoms with Crippen LogP contribution in [0.3, 0.4) is 0 Å². The maximum Gasteiger partial charge on any atom is 0.275 e. The van der Waals surface area contributed by atoms with Crippen molar-refractivity contribution in [1.29, 1.82) is 0 Å². The Balaban J connectivity index is 1.53. The van der Waals surface area contributed by atoms with E-state index in [1.165, 1.54) is 11.8 Å². The SMILES string of the molecule is COc1cccc(CN(Cc2nc(C(=O)N3CCOCC3)co2)C(C)c2ccccc2)c1. The molecule has 0 spiro atoms. The first-order valence-electron chi connectivity index (χ1n) is 10.9. The summed E-state index contributed by atoms with van der Waals surface area (Å²) in [6, 6.07) is 18.5. The van der Waals surface area contributed by atoms with Crippen LogP contribution in [0.25, 0.3) is 0 Å². The number of oxazole rings is 1. The van der Waals surface area contributed by atoms with Gasteiger partial charge in [0.25, 0.3) is 5.91 Å². The molecular formula is C25H29N3O4. The standard InChI is InChI=1S/C25H29N3O4/c1-19(21-8-4-3-5-9-21)28(16-20-7-6-10-22(15-20)30-2)17-24-26-23(18-32-24)25(29)27-11-13-31-14-12-27/h3-10,15,18-19H,11-14,16-17H2,1-2H3. The number of nitrogens with zero attached hydrogens (tertiary/aromatic N) is 3. The number of hydrogen-bond donors (Lipinski definition) is 0. The minimum absolute atomic E-state index is 0.112. The molecule has 7 heteroatoms. The molecule has 1 fully saturated rings. The van der Waals surface area contributed by atoms with Crippen molar-refractivity contribution in [3.05, 3.63) is 83.6 Å². The zero-order chi connectivity index (χ0) is 22.3. The Morgan fingerprint density at radius 3 is 2.66 bits per heavy atom. The second kappa shape index (κ2) is 10.4. The number of carbonyl (C=O) groups excluding carboxylic acids is 1. The van der Waals surface area contributed by atoms with Crippen LogP contribution in [-0.2, 0) is 17.8 Å². The van der Waals surface area contributed by atoms with Crippen molar-refractivity contribution < 1.29 is 18.7 Å². The molecule has 0 aliphatic carbocycles. The minimum atomic E-state index is -0.112. The average Bonchev–Trinajstić information content (AvgIpc) is 3.32. The van der Waals surface area contributed by atoms with Crippen LogP contribution in [0.4, 0.5) is 0 Å². The fourth-order valence-corrected chi connectivity index (χ4v) is 3.86. The third-order valence-corrected chi connectivity index (χ3v) is 5.76. The predicted octanol–water partition coefficient (Wildman–Crippen LogP) is 3.92. The van der Waals surface area contributed by atoms with Crippen molar-refractivity contribution in [3.63, 3.8) is 0 Å². The zero-order valence-electron chi connectivity index (χ0n) is 18.6. The molecule has 1 saturated heterocycles. The van der Waals surface area contributed by atoms with Crippen LogP contribution in [0.1, 0.15) is 40.5 Å². The summed E-state index contributed by atoms with van der Waals surface area (Å²) in [5.74, 6) is 1.23. The first-order valence-corrected chi connectivity index (χ1v) is 10.9. The highest BCUT2D eigenvalue weighted by molar-refractivity contribution is 5.92. The lowest BCUT2D eigenvalue weighted by Gasteiger charge is -2.28. The van der Waals surface area contributed by atoms with Crippen LogP contribution >= 0.6 is 0 Å². The number of aromatic nitrogens is 1. The van der Waals surface area contributed by atoms with E-state index in [-0.39, 0.29) is 11.9 Å². The van der Waals surface area contributed by atoms with E-state index < -0.39 is 0 Å². The maximum atomic E-state index is 12.7. The van der Waals surface area contributed by atoms with Gasteiger partial charge in [-0.3, -0.25) is 9.69 Å². The van der Waals surface area contributed by atoms with Gasteiger partial charge < -0.3 is 18.8 Å². The quantitative estimate of drug-likeness (QED) is 0.534. The molecule has 1 aliphatic heterocycles. The molecule has 1 aromatic heterocycles. The number of amides is 1. The van der Waals surface area contributed by atoms with Gasteiger partial charge in [-0.1, -0.05) is 42.5 Å². The molecule has 7 nitrogen and oxygen atoms in total. The average molecular weight is 436 g/mol. The third kappa shape index (κ3) is 5.36. The van der Waals surface area contributed by atoms with Crippen LogP contribution in [0.2, 0.25) is 0 Å². The van der Waals surface area contributed by atoms with Crippen molar-refractivity contribution in [3.8, 4) is 5.75 Å². The summed E-state index contributed by atoms with van der Waals surface area (Å²) in [5.41, 5.74) is 2.67. The van der Waals surface area contributed by atoms with Crippen LogP contribution in [0, 0.1) is 0 Å². The topological polar surface area (TPSA) is 68.0 Å². The lowest BCUT2D eigenvalue weighted by Crippen LogP contribution is -2.40. The molecule has 0 radical (unpaired) electrons. The number of morpholine rings is 1. The van der Waals surface area contributed by atoms with E-state index >= 15 is 0 Å². The van der Waals surface area contributed by atoms with Gasteiger partial charge in [-0.2, -0.15) is 0 Å². The monoisotopic (exact) mass is 435 g/mol. The van der Waals surface area contributed by atoms with Gasteiger partial charge in [-0.15, -0.1) is 0 Å². The summed E-state index contributed by atoms with van der Waals surface area (Å²) in [5, 5.41) is 0. The number of rotatable bonds is 8. The second-order valence-corrected chi connectivity index (χ2v) is 7.87. The summed E-state index contributed by atoms with van der Waals surface area (Å²) in [7, 11) is 1.67. The molecule has 4 rings (SSSR count). The Labute approximate surface area is 188 Å². The van der Waals surface area contributed by atoms with E-state index in [1.54, 1.807) is 12.0 Å². The molecule has 1 aliphatic rings. The van der Waals surface area contributed by atoms with Gasteiger partial charge in [0.05, 0.1) is 26.9 Å². The highest BCUT2D eigenvalue weighted by atomic mass is 16.5. The summed E-state index contributed by atoms with van der Waals surface area (Å²) < 4.78 is 16.4. The molecule has 3 aromatic rings. The molecule has 0 bridgehead atoms. The van der Waals surface area contributed by atoms with Crippen LogP contribution in [0.5, 0.6) is 5.75 Å². The first kappa shape index (κ1) is 22.0. The molecule has 1 unspecified atom stereocenters. The molecule has 2 heterocycles. The fourth-order valence-electron chi connectivity index (χ4n) is 3.86. The van der Waals surface area contributed by atoms with Crippen molar-refractivity contribution in [2.24, 2.45) is 0 Å². The van der Waals surface area contributed by atoms with Crippen LogP contribution < -0.4 is 4.74 Å². The van der Waals surface area contributed by atoms with Crippen molar-refractivity contribution >= 4 is 5.91 Å². The minimum Gasteiger partial charge on any atom is -0.497 e. The predicted molar refractivity (Wildman–Crippen MR) is 120 cm³/mol. The van der Waals surface area contributed by atoms with E-state index in [9.17, 15) is 4.79 Å². The van der Waals surface area contributed by atoms with Crippen molar-refractivity contribution in [2.75, 3.05) is 33.4 Å². The van der Waals surface area contributed by atoms with E-state index in [1.807, 2.05) is 36.4 Å². The normalized spacial score (nSPS) is 15.0. The van der Waals surface area contributed by atoms with E-state index in [4.69, 9.17) is 13.9 Å². The third-order valence-electron chi connectivity index (χ3n) is 5.76. The van der Waals surface area contributed by atoms with Gasteiger partial charge in [0.1, 0.15) is 12.0 Å². The molecule has 0 saturated carbocycles. The largest absolute Gasteiger partial charge is 0.497 e. The van der Waals surface area contributed by atoms with Crippen molar-refractivity contribution in [1.82, 2.24) is 14.8 Å². The van der Waals surface area contributed by atoms with E-state index in [0.717, 1.165) is 11.3 Å². The maximum absolute atomic E-state index is 12.7. The van der Waals surface area contributed by atoms with Gasteiger partial charge in [0.15, 0.2) is 5.69 Å². The van der Waals surface area contributed by atoms with Gasteiger partial charge in [0, 0.05) is 25.7 Å². The summed E-state index contributed by atoms with van der Waals surface area (Å²) in [4.78, 5) is 21.3. The Bertz CT molecular complexity index is 1010. The summed E-state index contributed by atoms with van der Waals surface area (Å²) in [6.07, 6.45) is 1.46. The van der Waals surface area contributed by atoms with E-state index in [0.29, 0.717) is 51.0 Å². The van der Waals surface area contributed by atoms with Crippen molar-refractivity contribution in [2.45, 2.75) is 26.1 Å². The molecule has 2 aromatic carbocycles. The second-order valence-electron chi connectivity index (χ2n) is 7.87. The number of carbonyl (C=O) groups is 1. The zero-order valence-corrected chi connectivity index (χ0v) is 18.6. The molecule has 168 valence electrons. The lowest BCUT2D eigenvalue weighted by atomic mass is 10.1. The number of ether oxygens (including phenoxy) is 2. The first-order chi connectivity index (χ1) is 15.6. The molecule has 32 heavy (non-hydrogen) atoms. The highest BCUT2D eigenvalue weighted by Gasteiger charge is 2.24. The summed E-state index contributed by atoms with van der Waals surface area (Å²) in [6.45, 7) is 5.59. The number of benzene rings is 2. The van der Waals surface area contributed by atoms with Crippen LogP contribution in [0.15, 0.2) is 65.3 Å². The molecule has 1 amide bonds. The molecular weight excluding hydrogens is 406 g/mol. The Hall–Kier alpha value is -3.16. The highest BCUT2D eigenvalue weighted by Crippen LogP contribution is 2.25. The molecule has 1 atom stereocenters. The van der Waals surface area contributed by atoms with Crippen LogP contribution in [-0.4, -0.2) is 54.1 Å². The number of methoxy groups -OCH3 is 1.